The van der Waals surface area contributed by atoms with Gasteiger partial charge in [0.25, 0.3) is 5.91 Å². The van der Waals surface area contributed by atoms with Crippen LogP contribution in [0.3, 0.4) is 0 Å². The molecule has 0 aliphatic heterocycles. The number of carbonyl (C=O) groups is 1. The number of halogens is 1. The van der Waals surface area contributed by atoms with Crippen LogP contribution in [0.2, 0.25) is 0 Å². The fraction of sp³-hybridized carbons (Fsp3) is 0.150. The van der Waals surface area contributed by atoms with Gasteiger partial charge in [0.15, 0.2) is 6.61 Å². The Kier molecular flexibility index (Phi) is 6.85. The Morgan fingerprint density at radius 3 is 2.69 bits per heavy atom. The predicted octanol–water partition coefficient (Wildman–Crippen LogP) is 3.27. The van der Waals surface area contributed by atoms with Crippen molar-refractivity contribution in [3.05, 3.63) is 64.8 Å². The molecule has 0 saturated heterocycles. The maximum absolute atomic E-state index is 12.0. The molecule has 29 heavy (non-hydrogen) atoms. The van der Waals surface area contributed by atoms with Gasteiger partial charge in [0.1, 0.15) is 17.3 Å². The van der Waals surface area contributed by atoms with Gasteiger partial charge in [-0.2, -0.15) is 4.98 Å². The molecule has 8 nitrogen and oxygen atoms in total. The third-order valence-electron chi connectivity index (χ3n) is 3.88. The summed E-state index contributed by atoms with van der Waals surface area (Å²) >= 11 is 3.25. The number of benzene rings is 2. The topological polar surface area (TPSA) is 111 Å². The maximum Gasteiger partial charge on any atom is 0.258 e. The third kappa shape index (κ3) is 6.08. The van der Waals surface area contributed by atoms with Crippen LogP contribution in [-0.2, 0) is 11.3 Å². The fourth-order valence-electron chi connectivity index (χ4n) is 2.39. The minimum absolute atomic E-state index is 0.0803. The van der Waals surface area contributed by atoms with Crippen LogP contribution in [0, 0.1) is 0 Å². The Labute approximate surface area is 176 Å². The summed E-state index contributed by atoms with van der Waals surface area (Å²) in [4.78, 5) is 20.3. The summed E-state index contributed by atoms with van der Waals surface area (Å²) in [6, 6.07) is 14.6. The average Bonchev–Trinajstić information content (AvgIpc) is 2.74. The molecule has 1 heterocycles. The number of nitrogen functional groups attached to an aromatic ring is 1. The molecule has 0 aliphatic rings. The Hall–Kier alpha value is -3.33. The lowest BCUT2D eigenvalue weighted by molar-refractivity contribution is -0.123. The molecule has 150 valence electrons. The van der Waals surface area contributed by atoms with E-state index in [4.69, 9.17) is 15.2 Å². The first-order chi connectivity index (χ1) is 14.0. The van der Waals surface area contributed by atoms with Gasteiger partial charge in [-0.1, -0.05) is 12.1 Å². The van der Waals surface area contributed by atoms with Crippen molar-refractivity contribution in [2.45, 2.75) is 6.54 Å². The molecule has 1 amide bonds. The standard InChI is InChI=1S/C20H20BrN5O3/c1-28-16-4-2-3-13(9-16)10-23-18(27)12-29-15-7-5-14(6-8-15)25-20-24-11-17(21)19(22)26-20/h2-9,11H,10,12H2,1H3,(H,23,27)(H3,22,24,25,26). The molecule has 3 rings (SSSR count). The van der Waals surface area contributed by atoms with E-state index in [2.05, 4.69) is 36.5 Å². The van der Waals surface area contributed by atoms with Crippen LogP contribution in [0.4, 0.5) is 17.5 Å². The van der Waals surface area contributed by atoms with Crippen molar-refractivity contribution < 1.29 is 14.3 Å². The second-order valence-corrected chi connectivity index (χ2v) is 6.85. The molecule has 0 spiro atoms. The molecule has 9 heteroatoms. The lowest BCUT2D eigenvalue weighted by Gasteiger charge is -2.10. The summed E-state index contributed by atoms with van der Waals surface area (Å²) in [5, 5.41) is 5.85. The van der Waals surface area contributed by atoms with Crippen molar-refractivity contribution in [1.82, 2.24) is 15.3 Å². The van der Waals surface area contributed by atoms with Crippen LogP contribution < -0.4 is 25.8 Å². The van der Waals surface area contributed by atoms with E-state index in [9.17, 15) is 4.79 Å². The summed E-state index contributed by atoms with van der Waals surface area (Å²) in [6.45, 7) is 0.321. The quantitative estimate of drug-likeness (QED) is 0.475. The molecule has 0 atom stereocenters. The molecule has 0 saturated carbocycles. The zero-order valence-corrected chi connectivity index (χ0v) is 17.3. The molecule has 0 aliphatic carbocycles. The fourth-order valence-corrected chi connectivity index (χ4v) is 2.58. The summed E-state index contributed by atoms with van der Waals surface area (Å²) in [5.41, 5.74) is 7.45. The number of methoxy groups -OCH3 is 1. The van der Waals surface area contributed by atoms with Gasteiger partial charge in [-0.25, -0.2) is 4.98 Å². The normalized spacial score (nSPS) is 10.3. The SMILES string of the molecule is COc1cccc(CNC(=O)COc2ccc(Nc3ncc(Br)c(N)n3)cc2)c1. The van der Waals surface area contributed by atoms with E-state index in [0.29, 0.717) is 28.5 Å². The van der Waals surface area contributed by atoms with E-state index in [1.165, 1.54) is 0 Å². The number of nitrogens with zero attached hydrogens (tertiary/aromatic N) is 2. The van der Waals surface area contributed by atoms with Gasteiger partial charge in [0, 0.05) is 18.4 Å². The van der Waals surface area contributed by atoms with Crippen LogP contribution in [0.5, 0.6) is 11.5 Å². The Balaban J connectivity index is 1.46. The van der Waals surface area contributed by atoms with Gasteiger partial charge in [-0.3, -0.25) is 4.79 Å². The second-order valence-electron chi connectivity index (χ2n) is 5.99. The van der Waals surface area contributed by atoms with Crippen molar-refractivity contribution in [2.24, 2.45) is 0 Å². The zero-order chi connectivity index (χ0) is 20.6. The Bertz CT molecular complexity index is 982. The van der Waals surface area contributed by atoms with Crippen molar-refractivity contribution in [2.75, 3.05) is 24.8 Å². The van der Waals surface area contributed by atoms with E-state index in [-0.39, 0.29) is 12.5 Å². The second kappa shape index (κ2) is 9.74. The summed E-state index contributed by atoms with van der Waals surface area (Å²) in [7, 11) is 1.60. The van der Waals surface area contributed by atoms with Gasteiger partial charge in [0.05, 0.1) is 11.6 Å². The number of rotatable bonds is 8. The van der Waals surface area contributed by atoms with E-state index < -0.39 is 0 Å². The number of carbonyl (C=O) groups excluding carboxylic acids is 1. The first kappa shape index (κ1) is 20.4. The van der Waals surface area contributed by atoms with Gasteiger partial charge in [-0.05, 0) is 57.9 Å². The molecular formula is C20H20BrN5O3. The van der Waals surface area contributed by atoms with Crippen molar-refractivity contribution in [3.63, 3.8) is 0 Å². The minimum atomic E-state index is -0.214. The molecule has 0 bridgehead atoms. The average molecular weight is 458 g/mol. The van der Waals surface area contributed by atoms with Crippen molar-refractivity contribution in [3.8, 4) is 11.5 Å². The predicted molar refractivity (Wildman–Crippen MR) is 114 cm³/mol. The molecule has 0 fully saturated rings. The van der Waals surface area contributed by atoms with Crippen LogP contribution in [-0.4, -0.2) is 29.6 Å². The van der Waals surface area contributed by atoms with E-state index in [0.717, 1.165) is 17.0 Å². The monoisotopic (exact) mass is 457 g/mol. The molecule has 0 unspecified atom stereocenters. The molecule has 2 aromatic carbocycles. The van der Waals surface area contributed by atoms with E-state index in [1.807, 2.05) is 24.3 Å². The molecular weight excluding hydrogens is 438 g/mol. The largest absolute Gasteiger partial charge is 0.497 e. The number of nitrogens with one attached hydrogen (secondary N) is 2. The number of nitrogens with two attached hydrogens (primary N) is 1. The highest BCUT2D eigenvalue weighted by atomic mass is 79.9. The van der Waals surface area contributed by atoms with Crippen LogP contribution in [0.1, 0.15) is 5.56 Å². The van der Waals surface area contributed by atoms with Gasteiger partial charge in [-0.15, -0.1) is 0 Å². The smallest absolute Gasteiger partial charge is 0.258 e. The lowest BCUT2D eigenvalue weighted by atomic mass is 10.2. The summed E-state index contributed by atoms with van der Waals surface area (Å²) in [6.07, 6.45) is 1.58. The number of hydrogen-bond donors (Lipinski definition) is 3. The summed E-state index contributed by atoms with van der Waals surface area (Å²) in [5.74, 6) is 1.84. The maximum atomic E-state index is 12.0. The highest BCUT2D eigenvalue weighted by Crippen LogP contribution is 2.21. The highest BCUT2D eigenvalue weighted by molar-refractivity contribution is 9.10. The molecule has 4 N–H and O–H groups in total. The van der Waals surface area contributed by atoms with Gasteiger partial charge < -0.3 is 25.8 Å². The number of anilines is 3. The van der Waals surface area contributed by atoms with Gasteiger partial charge in [0.2, 0.25) is 5.95 Å². The van der Waals surface area contributed by atoms with Crippen molar-refractivity contribution >= 4 is 39.3 Å². The number of hydrogen-bond acceptors (Lipinski definition) is 7. The molecule has 1 aromatic heterocycles. The third-order valence-corrected chi connectivity index (χ3v) is 4.49. The van der Waals surface area contributed by atoms with Crippen LogP contribution in [0.25, 0.3) is 0 Å². The van der Waals surface area contributed by atoms with Gasteiger partial charge >= 0.3 is 0 Å². The minimum Gasteiger partial charge on any atom is -0.497 e. The highest BCUT2D eigenvalue weighted by Gasteiger charge is 2.05. The number of aromatic nitrogens is 2. The van der Waals surface area contributed by atoms with E-state index in [1.54, 1.807) is 37.6 Å². The first-order valence-electron chi connectivity index (χ1n) is 8.71. The lowest BCUT2D eigenvalue weighted by Crippen LogP contribution is -2.28. The first-order valence-corrected chi connectivity index (χ1v) is 9.50. The zero-order valence-electron chi connectivity index (χ0n) is 15.7. The Morgan fingerprint density at radius 1 is 1.17 bits per heavy atom. The number of ether oxygens (including phenoxy) is 2. The molecule has 0 radical (unpaired) electrons. The van der Waals surface area contributed by atoms with Crippen molar-refractivity contribution in [1.29, 1.82) is 0 Å². The molecule has 3 aromatic rings. The summed E-state index contributed by atoms with van der Waals surface area (Å²) < 4.78 is 11.3. The van der Waals surface area contributed by atoms with E-state index >= 15 is 0 Å². The van der Waals surface area contributed by atoms with Crippen LogP contribution >= 0.6 is 15.9 Å². The Morgan fingerprint density at radius 2 is 1.97 bits per heavy atom. The number of amides is 1. The van der Waals surface area contributed by atoms with Crippen LogP contribution in [0.15, 0.2) is 59.2 Å².